The van der Waals surface area contributed by atoms with Crippen LogP contribution in [0.3, 0.4) is 0 Å². The van der Waals surface area contributed by atoms with Crippen molar-refractivity contribution < 1.29 is 0 Å². The van der Waals surface area contributed by atoms with E-state index in [0.717, 1.165) is 40.4 Å². The topological polar surface area (TPSA) is 39.9 Å². The van der Waals surface area contributed by atoms with Gasteiger partial charge >= 0.3 is 0 Å². The van der Waals surface area contributed by atoms with Gasteiger partial charge in [-0.25, -0.2) is 4.98 Å². The first-order valence-corrected chi connectivity index (χ1v) is 7.33. The molecule has 3 rings (SSSR count). The third-order valence-electron chi connectivity index (χ3n) is 3.85. The molecule has 1 aromatic carbocycles. The van der Waals surface area contributed by atoms with Crippen LogP contribution < -0.4 is 4.90 Å². The minimum absolute atomic E-state index is 0.654. The second-order valence-electron chi connectivity index (χ2n) is 5.31. The van der Waals surface area contributed by atoms with Gasteiger partial charge < -0.3 is 4.90 Å². The Hall–Kier alpha value is -1.79. The molecular formula is C16H16ClN3. The van der Waals surface area contributed by atoms with E-state index in [0.29, 0.717) is 5.56 Å². The molecule has 102 valence electrons. The Morgan fingerprint density at radius 1 is 1.20 bits per heavy atom. The van der Waals surface area contributed by atoms with E-state index < -0.39 is 0 Å². The molecule has 0 aliphatic carbocycles. The molecule has 0 atom stereocenters. The predicted octanol–water partition coefficient (Wildman–Crippen LogP) is 4.06. The summed E-state index contributed by atoms with van der Waals surface area (Å²) in [6.45, 7) is 3.92. The summed E-state index contributed by atoms with van der Waals surface area (Å²) in [5, 5.41) is 11.1. The van der Waals surface area contributed by atoms with Gasteiger partial charge in [0.2, 0.25) is 0 Å². The fourth-order valence-electron chi connectivity index (χ4n) is 2.73. The van der Waals surface area contributed by atoms with Gasteiger partial charge in [0, 0.05) is 23.5 Å². The number of nitriles is 1. The van der Waals surface area contributed by atoms with E-state index in [1.165, 1.54) is 19.3 Å². The van der Waals surface area contributed by atoms with Gasteiger partial charge in [0.1, 0.15) is 11.9 Å². The van der Waals surface area contributed by atoms with E-state index in [1.807, 2.05) is 25.1 Å². The zero-order valence-electron chi connectivity index (χ0n) is 11.5. The van der Waals surface area contributed by atoms with E-state index >= 15 is 0 Å². The first-order chi connectivity index (χ1) is 9.69. The van der Waals surface area contributed by atoms with Crippen LogP contribution in [0.5, 0.6) is 0 Å². The maximum atomic E-state index is 9.39. The minimum Gasteiger partial charge on any atom is -0.356 e. The summed E-state index contributed by atoms with van der Waals surface area (Å²) >= 11 is 6.18. The molecule has 0 unspecified atom stereocenters. The lowest BCUT2D eigenvalue weighted by atomic mass is 10.1. The van der Waals surface area contributed by atoms with Crippen LogP contribution in [-0.2, 0) is 0 Å². The smallest absolute Gasteiger partial charge is 0.147 e. The van der Waals surface area contributed by atoms with E-state index in [1.54, 1.807) is 0 Å². The highest BCUT2D eigenvalue weighted by molar-refractivity contribution is 6.32. The molecule has 1 aliphatic heterocycles. The maximum Gasteiger partial charge on any atom is 0.147 e. The fourth-order valence-corrected chi connectivity index (χ4v) is 2.89. The van der Waals surface area contributed by atoms with Crippen LogP contribution in [0.25, 0.3) is 10.9 Å². The van der Waals surface area contributed by atoms with Gasteiger partial charge in [-0.15, -0.1) is 0 Å². The summed E-state index contributed by atoms with van der Waals surface area (Å²) in [5.41, 5.74) is 2.52. The molecule has 3 nitrogen and oxygen atoms in total. The summed E-state index contributed by atoms with van der Waals surface area (Å²) in [6.07, 6.45) is 3.59. The summed E-state index contributed by atoms with van der Waals surface area (Å²) in [6, 6.07) is 8.09. The lowest BCUT2D eigenvalue weighted by Crippen LogP contribution is -2.30. The molecule has 20 heavy (non-hydrogen) atoms. The minimum atomic E-state index is 0.654. The number of piperidine rings is 1. The van der Waals surface area contributed by atoms with Crippen LogP contribution in [0, 0.1) is 18.3 Å². The molecule has 1 aliphatic rings. The summed E-state index contributed by atoms with van der Waals surface area (Å²) in [5.74, 6) is 0.805. The van der Waals surface area contributed by atoms with E-state index in [2.05, 4.69) is 11.0 Å². The second kappa shape index (κ2) is 5.30. The van der Waals surface area contributed by atoms with Crippen LogP contribution in [0.15, 0.2) is 18.2 Å². The van der Waals surface area contributed by atoms with Gasteiger partial charge in [-0.1, -0.05) is 11.6 Å². The Balaban J connectivity index is 2.15. The van der Waals surface area contributed by atoms with Crippen molar-refractivity contribution in [3.8, 4) is 6.07 Å². The van der Waals surface area contributed by atoms with Gasteiger partial charge in [-0.3, -0.25) is 0 Å². The van der Waals surface area contributed by atoms with Crippen molar-refractivity contribution in [2.24, 2.45) is 0 Å². The average Bonchev–Trinajstić information content (AvgIpc) is 2.48. The molecule has 0 bridgehead atoms. The number of hydrogen-bond donors (Lipinski definition) is 0. The molecule has 1 aromatic heterocycles. The summed E-state index contributed by atoms with van der Waals surface area (Å²) in [7, 11) is 0. The average molecular weight is 286 g/mol. The summed E-state index contributed by atoms with van der Waals surface area (Å²) < 4.78 is 0. The normalized spacial score (nSPS) is 15.3. The lowest BCUT2D eigenvalue weighted by molar-refractivity contribution is 0.573. The number of fused-ring (bicyclic) bond motifs is 1. The number of aryl methyl sites for hydroxylation is 1. The Kier molecular flexibility index (Phi) is 3.50. The third-order valence-corrected chi connectivity index (χ3v) is 4.26. The Morgan fingerprint density at radius 3 is 2.65 bits per heavy atom. The van der Waals surface area contributed by atoms with Gasteiger partial charge in [-0.2, -0.15) is 5.26 Å². The van der Waals surface area contributed by atoms with E-state index in [9.17, 15) is 5.26 Å². The molecule has 1 saturated heterocycles. The first-order valence-electron chi connectivity index (χ1n) is 6.95. The third kappa shape index (κ3) is 2.32. The van der Waals surface area contributed by atoms with Crippen molar-refractivity contribution in [2.75, 3.05) is 18.0 Å². The number of anilines is 1. The number of nitrogens with zero attached hydrogens (tertiary/aromatic N) is 3. The molecule has 2 aromatic rings. The van der Waals surface area contributed by atoms with Crippen LogP contribution >= 0.6 is 11.6 Å². The number of pyridine rings is 1. The largest absolute Gasteiger partial charge is 0.356 e. The standard InChI is InChI=1S/C16H16ClN3/c1-11-7-12-8-13(10-18)16(19-15(12)9-14(11)17)20-5-3-2-4-6-20/h7-9H,2-6H2,1H3. The highest BCUT2D eigenvalue weighted by atomic mass is 35.5. The van der Waals surface area contributed by atoms with E-state index in [4.69, 9.17) is 16.6 Å². The maximum absolute atomic E-state index is 9.39. The fraction of sp³-hybridized carbons (Fsp3) is 0.375. The zero-order valence-corrected chi connectivity index (χ0v) is 12.2. The molecule has 0 amide bonds. The quantitative estimate of drug-likeness (QED) is 0.793. The van der Waals surface area contributed by atoms with Crippen molar-refractivity contribution in [1.82, 2.24) is 4.98 Å². The number of rotatable bonds is 1. The van der Waals surface area contributed by atoms with Crippen LogP contribution in [-0.4, -0.2) is 18.1 Å². The van der Waals surface area contributed by atoms with E-state index in [-0.39, 0.29) is 0 Å². The molecule has 1 fully saturated rings. The number of benzene rings is 1. The van der Waals surface area contributed by atoms with Crippen molar-refractivity contribution in [1.29, 1.82) is 5.26 Å². The second-order valence-corrected chi connectivity index (χ2v) is 5.72. The summed E-state index contributed by atoms with van der Waals surface area (Å²) in [4.78, 5) is 6.91. The molecule has 0 radical (unpaired) electrons. The first kappa shape index (κ1) is 13.2. The van der Waals surface area contributed by atoms with Crippen molar-refractivity contribution in [3.05, 3.63) is 34.3 Å². The highest BCUT2D eigenvalue weighted by Gasteiger charge is 2.17. The van der Waals surface area contributed by atoms with Crippen molar-refractivity contribution >= 4 is 28.3 Å². The van der Waals surface area contributed by atoms with Gasteiger partial charge in [0.15, 0.2) is 0 Å². The predicted molar refractivity (Wildman–Crippen MR) is 82.3 cm³/mol. The van der Waals surface area contributed by atoms with Crippen LogP contribution in [0.1, 0.15) is 30.4 Å². The lowest BCUT2D eigenvalue weighted by Gasteiger charge is -2.28. The van der Waals surface area contributed by atoms with Gasteiger partial charge in [-0.05, 0) is 49.9 Å². The Bertz CT molecular complexity index is 697. The SMILES string of the molecule is Cc1cc2cc(C#N)c(N3CCCCC3)nc2cc1Cl. The van der Waals surface area contributed by atoms with Gasteiger partial charge in [0.25, 0.3) is 0 Å². The molecule has 4 heteroatoms. The van der Waals surface area contributed by atoms with Gasteiger partial charge in [0.05, 0.1) is 11.1 Å². The highest BCUT2D eigenvalue weighted by Crippen LogP contribution is 2.28. The molecule has 0 N–H and O–H groups in total. The molecule has 0 spiro atoms. The monoisotopic (exact) mass is 285 g/mol. The Morgan fingerprint density at radius 2 is 1.95 bits per heavy atom. The van der Waals surface area contributed by atoms with Crippen LogP contribution in [0.4, 0.5) is 5.82 Å². The molecule has 2 heterocycles. The van der Waals surface area contributed by atoms with Crippen molar-refractivity contribution in [2.45, 2.75) is 26.2 Å². The van der Waals surface area contributed by atoms with Crippen LogP contribution in [0.2, 0.25) is 5.02 Å². The molecular weight excluding hydrogens is 270 g/mol. The van der Waals surface area contributed by atoms with Crippen molar-refractivity contribution in [3.63, 3.8) is 0 Å². The number of hydrogen-bond acceptors (Lipinski definition) is 3. The Labute approximate surface area is 123 Å². The number of aromatic nitrogens is 1. The molecule has 0 saturated carbocycles. The number of halogens is 1. The zero-order chi connectivity index (χ0) is 14.1.